The monoisotopic (exact) mass is 233 g/mol. The average Bonchev–Trinajstić information content (AvgIpc) is 2.68. The largest absolute Gasteiger partial charge is 0.352 e. The van der Waals surface area contributed by atoms with E-state index in [0.29, 0.717) is 6.04 Å². The van der Waals surface area contributed by atoms with Crippen molar-refractivity contribution in [3.8, 4) is 0 Å². The molecule has 0 radical (unpaired) electrons. The zero-order chi connectivity index (χ0) is 12.3. The van der Waals surface area contributed by atoms with Crippen molar-refractivity contribution in [2.24, 2.45) is 5.92 Å². The van der Waals surface area contributed by atoms with Crippen LogP contribution in [0.2, 0.25) is 0 Å². The molecule has 1 aliphatic rings. The van der Waals surface area contributed by atoms with Crippen LogP contribution in [0, 0.1) is 12.8 Å². The molecule has 94 valence electrons. The van der Waals surface area contributed by atoms with Crippen molar-refractivity contribution < 1.29 is 0 Å². The third-order valence-corrected chi connectivity index (χ3v) is 3.56. The zero-order valence-corrected chi connectivity index (χ0v) is 10.9. The first-order chi connectivity index (χ1) is 8.20. The maximum Gasteiger partial charge on any atom is 0.203 e. The lowest BCUT2D eigenvalue weighted by molar-refractivity contribution is 0.284. The van der Waals surface area contributed by atoms with E-state index in [-0.39, 0.29) is 0 Å². The molecular weight excluding hydrogens is 210 g/mol. The van der Waals surface area contributed by atoms with Crippen molar-refractivity contribution in [1.29, 1.82) is 0 Å². The molecular formula is C14H23N3. The minimum absolute atomic E-state index is 0.618. The van der Waals surface area contributed by atoms with Crippen LogP contribution in [0.5, 0.6) is 0 Å². The summed E-state index contributed by atoms with van der Waals surface area (Å²) in [6.07, 6.45) is 9.32. The number of nitrogens with one attached hydrogen (secondary N) is 1. The second-order valence-electron chi connectivity index (χ2n) is 5.21. The number of hydrogen-bond acceptors (Lipinski definition) is 2. The van der Waals surface area contributed by atoms with E-state index in [1.807, 2.05) is 6.08 Å². The molecule has 0 bridgehead atoms. The molecule has 0 aliphatic heterocycles. The summed E-state index contributed by atoms with van der Waals surface area (Å²) in [5, 5.41) is 3.33. The van der Waals surface area contributed by atoms with Gasteiger partial charge in [0.1, 0.15) is 0 Å². The standard InChI is InChI=1S/C14H23N3/c1-4-8-15-14-16-12(3)10-17(14)13-7-5-6-11(2)9-13/h4,10-11,13H,1,5-9H2,2-3H3,(H,15,16). The lowest BCUT2D eigenvalue weighted by Gasteiger charge is -2.28. The molecule has 2 unspecified atom stereocenters. The summed E-state index contributed by atoms with van der Waals surface area (Å²) in [4.78, 5) is 4.55. The van der Waals surface area contributed by atoms with Crippen LogP contribution in [0.4, 0.5) is 5.95 Å². The Morgan fingerprint density at radius 2 is 2.41 bits per heavy atom. The lowest BCUT2D eigenvalue weighted by atomic mass is 9.87. The van der Waals surface area contributed by atoms with Crippen molar-refractivity contribution in [2.45, 2.75) is 45.6 Å². The predicted molar refractivity (Wildman–Crippen MR) is 72.3 cm³/mol. The molecule has 0 aromatic carbocycles. The fourth-order valence-corrected chi connectivity index (χ4v) is 2.74. The van der Waals surface area contributed by atoms with Gasteiger partial charge < -0.3 is 9.88 Å². The first kappa shape index (κ1) is 12.2. The van der Waals surface area contributed by atoms with Gasteiger partial charge in [0.25, 0.3) is 0 Å². The summed E-state index contributed by atoms with van der Waals surface area (Å²) in [6.45, 7) is 8.93. The molecule has 3 heteroatoms. The SMILES string of the molecule is C=CCNc1nc(C)cn1C1CCCC(C)C1. The lowest BCUT2D eigenvalue weighted by Crippen LogP contribution is -2.19. The molecule has 1 heterocycles. The van der Waals surface area contributed by atoms with Gasteiger partial charge in [0, 0.05) is 18.8 Å². The van der Waals surface area contributed by atoms with E-state index in [1.54, 1.807) is 0 Å². The molecule has 1 aromatic rings. The Kier molecular flexibility index (Phi) is 3.87. The highest BCUT2D eigenvalue weighted by molar-refractivity contribution is 5.30. The molecule has 1 N–H and O–H groups in total. The topological polar surface area (TPSA) is 29.9 Å². The second kappa shape index (κ2) is 5.39. The van der Waals surface area contributed by atoms with Crippen LogP contribution in [0.1, 0.15) is 44.3 Å². The number of rotatable bonds is 4. The second-order valence-corrected chi connectivity index (χ2v) is 5.21. The third kappa shape index (κ3) is 2.90. The Morgan fingerprint density at radius 1 is 1.59 bits per heavy atom. The molecule has 1 fully saturated rings. The molecule has 0 spiro atoms. The Labute approximate surface area is 104 Å². The summed E-state index contributed by atoms with van der Waals surface area (Å²) < 4.78 is 2.33. The van der Waals surface area contributed by atoms with Gasteiger partial charge in [0.15, 0.2) is 0 Å². The smallest absolute Gasteiger partial charge is 0.203 e. The highest BCUT2D eigenvalue weighted by atomic mass is 15.2. The van der Waals surface area contributed by atoms with Crippen LogP contribution in [-0.2, 0) is 0 Å². The van der Waals surface area contributed by atoms with Gasteiger partial charge in [-0.1, -0.05) is 25.8 Å². The quantitative estimate of drug-likeness (QED) is 0.806. The van der Waals surface area contributed by atoms with Crippen molar-refractivity contribution in [3.05, 3.63) is 24.5 Å². The fourth-order valence-electron chi connectivity index (χ4n) is 2.74. The molecule has 0 amide bonds. The highest BCUT2D eigenvalue weighted by Crippen LogP contribution is 2.34. The molecule has 17 heavy (non-hydrogen) atoms. The summed E-state index contributed by atoms with van der Waals surface area (Å²) in [6, 6.07) is 0.618. The van der Waals surface area contributed by atoms with Crippen molar-refractivity contribution in [1.82, 2.24) is 9.55 Å². The predicted octanol–water partition coefficient (Wildman–Crippen LogP) is 3.54. The summed E-state index contributed by atoms with van der Waals surface area (Å²) in [5.41, 5.74) is 1.09. The number of aryl methyl sites for hydroxylation is 1. The van der Waals surface area contributed by atoms with Crippen LogP contribution < -0.4 is 5.32 Å². The first-order valence-electron chi connectivity index (χ1n) is 6.61. The van der Waals surface area contributed by atoms with Crippen molar-refractivity contribution >= 4 is 5.95 Å². The van der Waals surface area contributed by atoms with Crippen LogP contribution >= 0.6 is 0 Å². The van der Waals surface area contributed by atoms with Gasteiger partial charge in [0.05, 0.1) is 5.69 Å². The molecule has 3 nitrogen and oxygen atoms in total. The number of hydrogen-bond donors (Lipinski definition) is 1. The van der Waals surface area contributed by atoms with E-state index in [2.05, 4.69) is 41.5 Å². The van der Waals surface area contributed by atoms with Gasteiger partial charge in [-0.2, -0.15) is 0 Å². The zero-order valence-electron chi connectivity index (χ0n) is 10.9. The van der Waals surface area contributed by atoms with Gasteiger partial charge in [-0.25, -0.2) is 4.98 Å². The van der Waals surface area contributed by atoms with E-state index in [4.69, 9.17) is 0 Å². The summed E-state index contributed by atoms with van der Waals surface area (Å²) in [5.74, 6) is 1.84. The first-order valence-corrected chi connectivity index (χ1v) is 6.61. The van der Waals surface area contributed by atoms with Crippen molar-refractivity contribution in [2.75, 3.05) is 11.9 Å². The minimum Gasteiger partial charge on any atom is -0.352 e. The normalized spacial score (nSPS) is 24.6. The molecule has 1 saturated carbocycles. The Morgan fingerprint density at radius 3 is 3.12 bits per heavy atom. The van der Waals surface area contributed by atoms with Gasteiger partial charge in [-0.15, -0.1) is 6.58 Å². The Balaban J connectivity index is 2.15. The third-order valence-electron chi connectivity index (χ3n) is 3.56. The van der Waals surface area contributed by atoms with Crippen LogP contribution in [0.25, 0.3) is 0 Å². The average molecular weight is 233 g/mol. The summed E-state index contributed by atoms with van der Waals surface area (Å²) >= 11 is 0. The molecule has 1 aromatic heterocycles. The maximum absolute atomic E-state index is 4.55. The van der Waals surface area contributed by atoms with Crippen molar-refractivity contribution in [3.63, 3.8) is 0 Å². The highest BCUT2D eigenvalue weighted by Gasteiger charge is 2.22. The summed E-state index contributed by atoms with van der Waals surface area (Å²) in [7, 11) is 0. The van der Waals surface area contributed by atoms with Gasteiger partial charge in [-0.05, 0) is 25.7 Å². The fraction of sp³-hybridized carbons (Fsp3) is 0.643. The molecule has 0 saturated heterocycles. The number of imidazole rings is 1. The Hall–Kier alpha value is -1.25. The van der Waals surface area contributed by atoms with Gasteiger partial charge in [-0.3, -0.25) is 0 Å². The van der Waals surface area contributed by atoms with Crippen LogP contribution in [0.15, 0.2) is 18.9 Å². The van der Waals surface area contributed by atoms with E-state index in [1.165, 1.54) is 25.7 Å². The number of anilines is 1. The van der Waals surface area contributed by atoms with Gasteiger partial charge in [0.2, 0.25) is 5.95 Å². The van der Waals surface area contributed by atoms with E-state index in [9.17, 15) is 0 Å². The maximum atomic E-state index is 4.55. The van der Waals surface area contributed by atoms with Crippen LogP contribution in [0.3, 0.4) is 0 Å². The molecule has 1 aliphatic carbocycles. The van der Waals surface area contributed by atoms with Gasteiger partial charge >= 0.3 is 0 Å². The van der Waals surface area contributed by atoms with E-state index in [0.717, 1.165) is 24.1 Å². The minimum atomic E-state index is 0.618. The molecule has 2 rings (SSSR count). The van der Waals surface area contributed by atoms with Crippen LogP contribution in [-0.4, -0.2) is 16.1 Å². The van der Waals surface area contributed by atoms with E-state index < -0.39 is 0 Å². The Bertz CT molecular complexity index is 381. The molecule has 2 atom stereocenters. The van der Waals surface area contributed by atoms with E-state index >= 15 is 0 Å². The number of nitrogens with zero attached hydrogens (tertiary/aromatic N) is 2. The number of aromatic nitrogens is 2.